The van der Waals surface area contributed by atoms with Gasteiger partial charge in [-0.3, -0.25) is 14.7 Å². The van der Waals surface area contributed by atoms with E-state index in [4.69, 9.17) is 0 Å². The fourth-order valence-electron chi connectivity index (χ4n) is 2.73. The van der Waals surface area contributed by atoms with E-state index >= 15 is 0 Å². The molecule has 0 saturated carbocycles. The van der Waals surface area contributed by atoms with Crippen LogP contribution >= 0.6 is 0 Å². The number of aromatic amines is 1. The number of hydrogen-bond donors (Lipinski definition) is 3. The van der Waals surface area contributed by atoms with Crippen LogP contribution in [0.4, 0.5) is 5.69 Å². The van der Waals surface area contributed by atoms with E-state index in [2.05, 4.69) is 25.7 Å². The van der Waals surface area contributed by atoms with Crippen molar-refractivity contribution in [3.8, 4) is 0 Å². The van der Waals surface area contributed by atoms with Crippen LogP contribution < -0.4 is 10.6 Å². The van der Waals surface area contributed by atoms with Crippen molar-refractivity contribution < 1.29 is 9.59 Å². The Balaban J connectivity index is 1.87. The Morgan fingerprint density at radius 3 is 2.80 bits per heavy atom. The molecule has 2 rings (SSSR count). The van der Waals surface area contributed by atoms with Gasteiger partial charge in [0.05, 0.1) is 11.9 Å². The molecule has 0 spiro atoms. The number of anilines is 1. The van der Waals surface area contributed by atoms with Crippen LogP contribution in [-0.2, 0) is 4.79 Å². The molecule has 3 N–H and O–H groups in total. The average Bonchev–Trinajstić information content (AvgIpc) is 3.07. The van der Waals surface area contributed by atoms with Gasteiger partial charge < -0.3 is 15.5 Å². The predicted octanol–water partition coefficient (Wildman–Crippen LogP) is 2.43. The summed E-state index contributed by atoms with van der Waals surface area (Å²) in [5.74, 6) is -0.440. The normalized spacial score (nSPS) is 16.2. The van der Waals surface area contributed by atoms with Crippen molar-refractivity contribution in [2.24, 2.45) is 0 Å². The smallest absolute Gasteiger partial charge is 0.275 e. The third-order valence-corrected chi connectivity index (χ3v) is 4.09. The summed E-state index contributed by atoms with van der Waals surface area (Å²) >= 11 is 0. The zero-order chi connectivity index (χ0) is 18.1. The van der Waals surface area contributed by atoms with Gasteiger partial charge in [-0.2, -0.15) is 5.10 Å². The molecule has 7 heteroatoms. The first kappa shape index (κ1) is 18.9. The second-order valence-electron chi connectivity index (χ2n) is 6.19. The maximum atomic E-state index is 12.3. The van der Waals surface area contributed by atoms with E-state index in [1.165, 1.54) is 25.5 Å². The third kappa shape index (κ3) is 6.19. The van der Waals surface area contributed by atoms with E-state index in [-0.39, 0.29) is 17.5 Å². The zero-order valence-electron chi connectivity index (χ0n) is 15.0. The molecule has 1 aromatic heterocycles. The fraction of sp³-hybridized carbons (Fsp3) is 0.500. The van der Waals surface area contributed by atoms with Gasteiger partial charge in [-0.05, 0) is 45.9 Å². The lowest BCUT2D eigenvalue weighted by Crippen LogP contribution is -2.32. The first-order chi connectivity index (χ1) is 12.1. The molecule has 25 heavy (non-hydrogen) atoms. The lowest BCUT2D eigenvalue weighted by Gasteiger charge is -2.25. The van der Waals surface area contributed by atoms with E-state index in [1.807, 2.05) is 19.1 Å². The Kier molecular flexibility index (Phi) is 7.40. The summed E-state index contributed by atoms with van der Waals surface area (Å²) in [4.78, 5) is 26.7. The third-order valence-electron chi connectivity index (χ3n) is 4.09. The molecule has 2 heterocycles. The Labute approximate surface area is 148 Å². The van der Waals surface area contributed by atoms with Crippen molar-refractivity contribution in [3.05, 3.63) is 35.8 Å². The Bertz CT molecular complexity index is 642. The topological polar surface area (TPSA) is 90.1 Å². The molecule has 1 aliphatic heterocycles. The second-order valence-corrected chi connectivity index (χ2v) is 6.19. The quantitative estimate of drug-likeness (QED) is 0.662. The molecule has 1 saturated heterocycles. The molecule has 0 bridgehead atoms. The van der Waals surface area contributed by atoms with Crippen LogP contribution in [0.15, 0.2) is 30.1 Å². The maximum absolute atomic E-state index is 12.3. The molecule has 0 aliphatic carbocycles. The van der Waals surface area contributed by atoms with Gasteiger partial charge in [-0.15, -0.1) is 0 Å². The predicted molar refractivity (Wildman–Crippen MR) is 98.2 cm³/mol. The first-order valence-corrected chi connectivity index (χ1v) is 8.76. The number of piperidine rings is 1. The number of nitrogens with one attached hydrogen (secondary N) is 3. The van der Waals surface area contributed by atoms with Gasteiger partial charge in [0.25, 0.3) is 5.91 Å². The molecule has 1 fully saturated rings. The molecule has 0 unspecified atom stereocenters. The van der Waals surface area contributed by atoms with Crippen molar-refractivity contribution in [3.63, 3.8) is 0 Å². The van der Waals surface area contributed by atoms with Gasteiger partial charge in [0.1, 0.15) is 5.69 Å². The highest BCUT2D eigenvalue weighted by molar-refractivity contribution is 6.02. The first-order valence-electron chi connectivity index (χ1n) is 8.76. The van der Waals surface area contributed by atoms with Gasteiger partial charge >= 0.3 is 0 Å². The van der Waals surface area contributed by atoms with Crippen LogP contribution in [0.3, 0.4) is 0 Å². The summed E-state index contributed by atoms with van der Waals surface area (Å²) < 4.78 is 0. The van der Waals surface area contributed by atoms with Crippen molar-refractivity contribution >= 4 is 17.5 Å². The van der Waals surface area contributed by atoms with Gasteiger partial charge in [0.15, 0.2) is 0 Å². The van der Waals surface area contributed by atoms with E-state index in [0.717, 1.165) is 19.6 Å². The number of carbonyl (C=O) groups excluding carboxylic acids is 2. The number of amides is 2. The lowest BCUT2D eigenvalue weighted by atomic mass is 10.1. The summed E-state index contributed by atoms with van der Waals surface area (Å²) in [6.45, 7) is 6.56. The minimum Gasteiger partial charge on any atom is -0.325 e. The van der Waals surface area contributed by atoms with E-state index < -0.39 is 0 Å². The number of rotatable bonds is 7. The number of nitrogens with zero attached hydrogens (tertiary/aromatic N) is 2. The maximum Gasteiger partial charge on any atom is 0.275 e. The second kappa shape index (κ2) is 9.78. The van der Waals surface area contributed by atoms with Crippen LogP contribution in [-0.4, -0.2) is 46.5 Å². The Morgan fingerprint density at radius 1 is 1.32 bits per heavy atom. The average molecular weight is 345 g/mol. The lowest BCUT2D eigenvalue weighted by molar-refractivity contribution is -0.116. The number of likely N-dealkylation sites (tertiary alicyclic amines) is 1. The van der Waals surface area contributed by atoms with Crippen molar-refractivity contribution in [2.45, 2.75) is 39.5 Å². The number of H-pyrrole nitrogens is 1. The molecule has 1 aliphatic rings. The van der Waals surface area contributed by atoms with Gasteiger partial charge in [0.2, 0.25) is 5.91 Å². The molecule has 0 atom stereocenters. The van der Waals surface area contributed by atoms with Crippen LogP contribution in [0.1, 0.15) is 50.0 Å². The molecule has 2 amide bonds. The molecular formula is C18H27N5O2. The monoisotopic (exact) mass is 345 g/mol. The highest BCUT2D eigenvalue weighted by Crippen LogP contribution is 2.13. The standard InChI is InChI=1S/C18H27N5O2/c1-3-4-8-14(2)20-18(25)17-15(13-19-22-17)21-16(24)9-12-23-10-6-5-7-11-23/h3-4,8,13H,5-7,9-12H2,1-2H3,(H,19,22)(H,20,25)(H,21,24)/b4-3-,14-8+. The molecule has 0 aromatic carbocycles. The molecule has 1 aromatic rings. The van der Waals surface area contributed by atoms with E-state index in [1.54, 1.807) is 13.0 Å². The minimum atomic E-state index is -0.331. The summed E-state index contributed by atoms with van der Waals surface area (Å²) in [5, 5.41) is 12.0. The number of allylic oxidation sites excluding steroid dienone is 4. The van der Waals surface area contributed by atoms with E-state index in [9.17, 15) is 9.59 Å². The van der Waals surface area contributed by atoms with Crippen molar-refractivity contribution in [1.29, 1.82) is 0 Å². The van der Waals surface area contributed by atoms with Gasteiger partial charge in [-0.25, -0.2) is 0 Å². The SMILES string of the molecule is C/C=C\C=C(/C)NC(=O)c1[nH]ncc1NC(=O)CCN1CCCCC1. The molecule has 7 nitrogen and oxygen atoms in total. The summed E-state index contributed by atoms with van der Waals surface area (Å²) in [6.07, 6.45) is 11.1. The number of hydrogen-bond acceptors (Lipinski definition) is 4. The number of carbonyl (C=O) groups is 2. The van der Waals surface area contributed by atoms with Crippen molar-refractivity contribution in [1.82, 2.24) is 20.4 Å². The van der Waals surface area contributed by atoms with Crippen LogP contribution in [0.25, 0.3) is 0 Å². The highest BCUT2D eigenvalue weighted by atomic mass is 16.2. The Morgan fingerprint density at radius 2 is 2.08 bits per heavy atom. The summed E-state index contributed by atoms with van der Waals surface area (Å²) in [7, 11) is 0. The molecule has 136 valence electrons. The zero-order valence-corrected chi connectivity index (χ0v) is 15.0. The Hall–Kier alpha value is -2.41. The van der Waals surface area contributed by atoms with Crippen molar-refractivity contribution in [2.75, 3.05) is 25.0 Å². The summed E-state index contributed by atoms with van der Waals surface area (Å²) in [5.41, 5.74) is 1.36. The largest absolute Gasteiger partial charge is 0.325 e. The molecular weight excluding hydrogens is 318 g/mol. The number of aromatic nitrogens is 2. The highest BCUT2D eigenvalue weighted by Gasteiger charge is 2.17. The molecule has 0 radical (unpaired) electrons. The van der Waals surface area contributed by atoms with Gasteiger partial charge in [0, 0.05) is 18.7 Å². The fourth-order valence-corrected chi connectivity index (χ4v) is 2.73. The summed E-state index contributed by atoms with van der Waals surface area (Å²) in [6, 6.07) is 0. The van der Waals surface area contributed by atoms with Gasteiger partial charge in [-0.1, -0.05) is 18.6 Å². The minimum absolute atomic E-state index is 0.109. The van der Waals surface area contributed by atoms with Crippen LogP contribution in [0.5, 0.6) is 0 Å². The van der Waals surface area contributed by atoms with Crippen LogP contribution in [0, 0.1) is 0 Å². The van der Waals surface area contributed by atoms with Crippen LogP contribution in [0.2, 0.25) is 0 Å². The van der Waals surface area contributed by atoms with E-state index in [0.29, 0.717) is 17.8 Å².